The van der Waals surface area contributed by atoms with Gasteiger partial charge in [0, 0.05) is 23.0 Å². The lowest BCUT2D eigenvalue weighted by Crippen LogP contribution is -2.48. The van der Waals surface area contributed by atoms with Crippen LogP contribution < -0.4 is 5.32 Å². The monoisotopic (exact) mass is 283 g/mol. The van der Waals surface area contributed by atoms with Crippen molar-refractivity contribution in [1.82, 2.24) is 10.3 Å². The maximum Gasteiger partial charge on any atom is 0.333 e. The lowest BCUT2D eigenvalue weighted by atomic mass is 10.0. The number of nitrogens with one attached hydrogen (secondary N) is 1. The first-order valence-electron chi connectivity index (χ1n) is 5.98. The van der Waals surface area contributed by atoms with Crippen molar-refractivity contribution in [3.63, 3.8) is 0 Å². The summed E-state index contributed by atoms with van der Waals surface area (Å²) in [6.07, 6.45) is 2.30. The Labute approximate surface area is 115 Å². The van der Waals surface area contributed by atoms with Crippen LogP contribution in [0.3, 0.4) is 0 Å². The largest absolute Gasteiger partial charge is 0.464 e. The third-order valence-corrected chi connectivity index (χ3v) is 3.52. The molecule has 0 radical (unpaired) electrons. The number of hydrogen-bond donors (Lipinski definition) is 1. The lowest BCUT2D eigenvalue weighted by molar-refractivity contribution is -0.151. The van der Waals surface area contributed by atoms with Gasteiger partial charge in [-0.25, -0.2) is 9.78 Å². The summed E-state index contributed by atoms with van der Waals surface area (Å²) in [5.74, 6) is -0.353. The normalized spacial score (nSPS) is 13.4. The number of carbonyl (C=O) groups is 1. The van der Waals surface area contributed by atoms with Crippen LogP contribution in [0.2, 0.25) is 0 Å². The fraction of sp³-hybridized carbons (Fsp3) is 0.636. The summed E-state index contributed by atoms with van der Waals surface area (Å²) in [6, 6.07) is 0. The maximum atomic E-state index is 12.1. The van der Waals surface area contributed by atoms with Crippen molar-refractivity contribution in [3.8, 4) is 0 Å². The maximum absolute atomic E-state index is 12.1. The van der Waals surface area contributed by atoms with Gasteiger partial charge in [-0.3, -0.25) is 5.32 Å². The number of esters is 1. The molecule has 1 unspecified atom stereocenters. The van der Waals surface area contributed by atoms with Gasteiger partial charge in [0.15, 0.2) is 5.54 Å². The van der Waals surface area contributed by atoms with E-state index in [0.29, 0.717) is 31.1 Å². The molecule has 0 aromatic carbocycles. The zero-order chi connectivity index (χ0) is 14.1. The van der Waals surface area contributed by atoms with Crippen LogP contribution in [0.1, 0.15) is 25.3 Å². The van der Waals surface area contributed by atoms with E-state index >= 15 is 0 Å². The van der Waals surface area contributed by atoms with Gasteiger partial charge in [-0.1, -0.05) is 5.11 Å². The molecule has 0 saturated carbocycles. The van der Waals surface area contributed by atoms with Gasteiger partial charge in [-0.2, -0.15) is 0 Å². The molecule has 1 atom stereocenters. The number of ether oxygens (including phenoxy) is 1. The van der Waals surface area contributed by atoms with Gasteiger partial charge in [0.05, 0.1) is 6.61 Å². The minimum atomic E-state index is -0.958. The standard InChI is InChI=1S/C11H17N5O2S/c1-3-18-10(17)11(2,9-13-7-8-19-9)14-5-4-6-15-16-12/h7-8,14H,3-6H2,1-2H3. The molecule has 0 spiro atoms. The molecule has 0 aliphatic carbocycles. The molecule has 19 heavy (non-hydrogen) atoms. The van der Waals surface area contributed by atoms with Crippen LogP contribution in [0.4, 0.5) is 0 Å². The number of hydrogen-bond acceptors (Lipinski definition) is 6. The molecule has 7 nitrogen and oxygen atoms in total. The molecular weight excluding hydrogens is 266 g/mol. The van der Waals surface area contributed by atoms with E-state index in [2.05, 4.69) is 20.3 Å². The smallest absolute Gasteiger partial charge is 0.333 e. The molecule has 104 valence electrons. The van der Waals surface area contributed by atoms with Crippen LogP contribution in [0.25, 0.3) is 10.4 Å². The van der Waals surface area contributed by atoms with Crippen molar-refractivity contribution in [2.45, 2.75) is 25.8 Å². The molecule has 0 saturated heterocycles. The van der Waals surface area contributed by atoms with Crippen molar-refractivity contribution in [3.05, 3.63) is 27.0 Å². The Kier molecular flexibility index (Phi) is 6.27. The van der Waals surface area contributed by atoms with Gasteiger partial charge in [0.1, 0.15) is 5.01 Å². The topological polar surface area (TPSA) is 100.0 Å². The van der Waals surface area contributed by atoms with Gasteiger partial charge < -0.3 is 4.74 Å². The van der Waals surface area contributed by atoms with Gasteiger partial charge in [0.25, 0.3) is 0 Å². The summed E-state index contributed by atoms with van der Waals surface area (Å²) in [5.41, 5.74) is 7.23. The Morgan fingerprint density at radius 1 is 1.74 bits per heavy atom. The van der Waals surface area contributed by atoms with E-state index in [1.54, 1.807) is 20.0 Å². The van der Waals surface area contributed by atoms with E-state index in [4.69, 9.17) is 10.3 Å². The molecule has 0 aliphatic heterocycles. The molecule has 1 aromatic rings. The van der Waals surface area contributed by atoms with Crippen molar-refractivity contribution >= 4 is 17.3 Å². The number of carbonyl (C=O) groups excluding carboxylic acids is 1. The number of azide groups is 1. The average molecular weight is 283 g/mol. The third kappa shape index (κ3) is 4.20. The van der Waals surface area contributed by atoms with E-state index in [9.17, 15) is 4.79 Å². The number of rotatable bonds is 8. The Morgan fingerprint density at radius 3 is 3.11 bits per heavy atom. The van der Waals surface area contributed by atoms with Gasteiger partial charge in [0.2, 0.25) is 0 Å². The molecule has 1 rings (SSSR count). The summed E-state index contributed by atoms with van der Waals surface area (Å²) >= 11 is 1.40. The highest BCUT2D eigenvalue weighted by molar-refractivity contribution is 7.09. The highest BCUT2D eigenvalue weighted by atomic mass is 32.1. The van der Waals surface area contributed by atoms with E-state index in [-0.39, 0.29) is 5.97 Å². The minimum Gasteiger partial charge on any atom is -0.464 e. The van der Waals surface area contributed by atoms with E-state index < -0.39 is 5.54 Å². The Hall–Kier alpha value is -1.63. The number of thiazole rings is 1. The van der Waals surface area contributed by atoms with Crippen LogP contribution in [0.5, 0.6) is 0 Å². The fourth-order valence-corrected chi connectivity index (χ4v) is 2.28. The number of aromatic nitrogens is 1. The van der Waals surface area contributed by atoms with Crippen molar-refractivity contribution in [2.24, 2.45) is 5.11 Å². The van der Waals surface area contributed by atoms with Crippen molar-refractivity contribution < 1.29 is 9.53 Å². The molecule has 0 bridgehead atoms. The molecule has 0 aliphatic rings. The van der Waals surface area contributed by atoms with E-state index in [0.717, 1.165) is 0 Å². The molecule has 0 amide bonds. The van der Waals surface area contributed by atoms with Crippen LogP contribution in [-0.2, 0) is 15.1 Å². The van der Waals surface area contributed by atoms with Crippen molar-refractivity contribution in [2.75, 3.05) is 19.7 Å². The molecule has 8 heteroatoms. The summed E-state index contributed by atoms with van der Waals surface area (Å²) in [6.45, 7) is 4.76. The molecule has 1 heterocycles. The van der Waals surface area contributed by atoms with Crippen LogP contribution in [0, 0.1) is 0 Å². The molecule has 1 aromatic heterocycles. The van der Waals surface area contributed by atoms with Gasteiger partial charge >= 0.3 is 5.97 Å². The fourth-order valence-electron chi connectivity index (χ4n) is 1.51. The molecule has 1 N–H and O–H groups in total. The van der Waals surface area contributed by atoms with E-state index in [1.165, 1.54) is 11.3 Å². The predicted octanol–water partition coefficient (Wildman–Crippen LogP) is 2.21. The van der Waals surface area contributed by atoms with E-state index in [1.807, 2.05) is 5.38 Å². The molecular formula is C11H17N5O2S. The summed E-state index contributed by atoms with van der Waals surface area (Å²) in [7, 11) is 0. The number of nitrogens with zero attached hydrogens (tertiary/aromatic N) is 4. The van der Waals surface area contributed by atoms with Crippen molar-refractivity contribution in [1.29, 1.82) is 0 Å². The summed E-state index contributed by atoms with van der Waals surface area (Å²) in [5, 5.41) is 9.05. The Balaban J connectivity index is 2.70. The second-order valence-corrected chi connectivity index (χ2v) is 4.81. The lowest BCUT2D eigenvalue weighted by Gasteiger charge is -2.26. The van der Waals surface area contributed by atoms with Crippen LogP contribution in [-0.4, -0.2) is 30.6 Å². The summed E-state index contributed by atoms with van der Waals surface area (Å²) in [4.78, 5) is 18.9. The SMILES string of the molecule is CCOC(=O)C(C)(NCCCN=[N+]=[N-])c1nccs1. The second kappa shape index (κ2) is 7.73. The van der Waals surface area contributed by atoms with Gasteiger partial charge in [-0.15, -0.1) is 11.3 Å². The highest BCUT2D eigenvalue weighted by Gasteiger charge is 2.38. The Morgan fingerprint density at radius 2 is 2.53 bits per heavy atom. The minimum absolute atomic E-state index is 0.320. The average Bonchev–Trinajstić information content (AvgIpc) is 2.93. The third-order valence-electron chi connectivity index (χ3n) is 2.52. The first kappa shape index (κ1) is 15.4. The Bertz CT molecular complexity index is 444. The van der Waals surface area contributed by atoms with Gasteiger partial charge in [-0.05, 0) is 32.3 Å². The highest BCUT2D eigenvalue weighted by Crippen LogP contribution is 2.24. The zero-order valence-electron chi connectivity index (χ0n) is 11.0. The first-order valence-corrected chi connectivity index (χ1v) is 6.86. The summed E-state index contributed by atoms with van der Waals surface area (Å²) < 4.78 is 5.09. The quantitative estimate of drug-likeness (QED) is 0.260. The van der Waals surface area contributed by atoms with Crippen LogP contribution in [0.15, 0.2) is 16.7 Å². The second-order valence-electron chi connectivity index (χ2n) is 3.92. The first-order chi connectivity index (χ1) is 9.15. The molecule has 0 fully saturated rings. The predicted molar refractivity (Wildman–Crippen MR) is 72.7 cm³/mol. The zero-order valence-corrected chi connectivity index (χ0v) is 11.8. The van der Waals surface area contributed by atoms with Crippen LogP contribution >= 0.6 is 11.3 Å².